The Morgan fingerprint density at radius 1 is 1.09 bits per heavy atom. The molecule has 0 saturated carbocycles. The van der Waals surface area contributed by atoms with E-state index in [2.05, 4.69) is 0 Å². The van der Waals surface area contributed by atoms with E-state index in [4.69, 9.17) is 4.74 Å². The third-order valence-corrected chi connectivity index (χ3v) is 3.52. The summed E-state index contributed by atoms with van der Waals surface area (Å²) in [6, 6.07) is 11.2. The molecule has 2 aromatic rings. The number of nitro benzene ring substituents is 1. The summed E-state index contributed by atoms with van der Waals surface area (Å²) in [5.41, 5.74) is 2.76. The molecule has 0 aromatic heterocycles. The van der Waals surface area contributed by atoms with Crippen molar-refractivity contribution in [1.82, 2.24) is 0 Å². The van der Waals surface area contributed by atoms with Crippen molar-refractivity contribution in [2.45, 2.75) is 26.9 Å². The largest absolute Gasteiger partial charge is 0.483 e. The minimum atomic E-state index is -0.663. The summed E-state index contributed by atoms with van der Waals surface area (Å²) in [4.78, 5) is 22.5. The van der Waals surface area contributed by atoms with Gasteiger partial charge in [-0.1, -0.05) is 12.1 Å². The van der Waals surface area contributed by atoms with Crippen LogP contribution in [-0.2, 0) is 0 Å². The Balaban J connectivity index is 2.10. The molecule has 5 heteroatoms. The van der Waals surface area contributed by atoms with Crippen LogP contribution in [-0.4, -0.2) is 16.8 Å². The summed E-state index contributed by atoms with van der Waals surface area (Å²) in [6.07, 6.45) is -0.663. The Bertz CT molecular complexity index is 707. The van der Waals surface area contributed by atoms with Gasteiger partial charge in [0.15, 0.2) is 6.10 Å². The normalized spacial score (nSPS) is 11.8. The number of non-ortho nitro benzene ring substituents is 1. The Labute approximate surface area is 128 Å². The number of ether oxygens (including phenoxy) is 1. The number of nitro groups is 1. The fourth-order valence-electron chi connectivity index (χ4n) is 2.03. The van der Waals surface area contributed by atoms with E-state index in [9.17, 15) is 14.9 Å². The summed E-state index contributed by atoms with van der Waals surface area (Å²) in [7, 11) is 0. The molecular weight excluding hydrogens is 282 g/mol. The molecule has 0 aliphatic heterocycles. The van der Waals surface area contributed by atoms with E-state index < -0.39 is 11.0 Å². The number of nitrogens with zero attached hydrogens (tertiary/aromatic N) is 1. The van der Waals surface area contributed by atoms with Crippen LogP contribution >= 0.6 is 0 Å². The smallest absolute Gasteiger partial charge is 0.269 e. The number of ketones is 1. The average molecular weight is 299 g/mol. The molecule has 0 unspecified atom stereocenters. The standard InChI is InChI=1S/C17H17NO4/c1-11-4-5-14(10-12(11)2)17(19)13(3)22-16-8-6-15(7-9-16)18(20)21/h4-10,13H,1-3H3/t13-/m0/s1. The lowest BCUT2D eigenvalue weighted by Crippen LogP contribution is -2.24. The van der Waals surface area contributed by atoms with Crippen LogP contribution in [0.5, 0.6) is 5.75 Å². The van der Waals surface area contributed by atoms with Crippen LogP contribution in [0.1, 0.15) is 28.4 Å². The van der Waals surface area contributed by atoms with Gasteiger partial charge in [-0.25, -0.2) is 0 Å². The Hall–Kier alpha value is -2.69. The zero-order valence-electron chi connectivity index (χ0n) is 12.7. The van der Waals surface area contributed by atoms with Gasteiger partial charge in [0.2, 0.25) is 5.78 Å². The Morgan fingerprint density at radius 2 is 1.73 bits per heavy atom. The average Bonchev–Trinajstić information content (AvgIpc) is 2.49. The first-order valence-electron chi connectivity index (χ1n) is 6.91. The quantitative estimate of drug-likeness (QED) is 0.477. The fraction of sp³-hybridized carbons (Fsp3) is 0.235. The molecule has 22 heavy (non-hydrogen) atoms. The highest BCUT2D eigenvalue weighted by molar-refractivity contribution is 5.99. The van der Waals surface area contributed by atoms with Gasteiger partial charge in [0.25, 0.3) is 5.69 Å². The number of hydrogen-bond donors (Lipinski definition) is 0. The first-order chi connectivity index (χ1) is 10.4. The topological polar surface area (TPSA) is 69.4 Å². The van der Waals surface area contributed by atoms with Gasteiger partial charge in [0.1, 0.15) is 5.75 Å². The van der Waals surface area contributed by atoms with Crippen molar-refractivity contribution in [3.8, 4) is 5.75 Å². The van der Waals surface area contributed by atoms with Crippen LogP contribution in [0.25, 0.3) is 0 Å². The molecule has 0 aliphatic carbocycles. The fourth-order valence-corrected chi connectivity index (χ4v) is 2.03. The lowest BCUT2D eigenvalue weighted by molar-refractivity contribution is -0.384. The number of aryl methyl sites for hydroxylation is 2. The molecule has 0 radical (unpaired) electrons. The summed E-state index contributed by atoms with van der Waals surface area (Å²) >= 11 is 0. The monoisotopic (exact) mass is 299 g/mol. The molecule has 0 bridgehead atoms. The van der Waals surface area contributed by atoms with Crippen molar-refractivity contribution in [1.29, 1.82) is 0 Å². The number of rotatable bonds is 5. The van der Waals surface area contributed by atoms with Crippen molar-refractivity contribution in [2.75, 3.05) is 0 Å². The van der Waals surface area contributed by atoms with Crippen LogP contribution in [0.15, 0.2) is 42.5 Å². The van der Waals surface area contributed by atoms with E-state index in [1.54, 1.807) is 13.0 Å². The molecule has 0 spiro atoms. The maximum absolute atomic E-state index is 12.4. The lowest BCUT2D eigenvalue weighted by Gasteiger charge is -2.14. The van der Waals surface area contributed by atoms with Gasteiger partial charge in [-0.3, -0.25) is 14.9 Å². The second kappa shape index (κ2) is 6.39. The molecule has 0 aliphatic rings. The van der Waals surface area contributed by atoms with Crippen molar-refractivity contribution < 1.29 is 14.5 Å². The summed E-state index contributed by atoms with van der Waals surface area (Å²) in [5.74, 6) is 0.303. The van der Waals surface area contributed by atoms with Crippen LogP contribution in [0, 0.1) is 24.0 Å². The molecule has 0 amide bonds. The van der Waals surface area contributed by atoms with Gasteiger partial charge in [-0.15, -0.1) is 0 Å². The van der Waals surface area contributed by atoms with Crippen LogP contribution in [0.4, 0.5) is 5.69 Å². The number of Topliss-reactive ketones (excluding diaryl/α,β-unsaturated/α-hetero) is 1. The molecular formula is C17H17NO4. The number of benzene rings is 2. The highest BCUT2D eigenvalue weighted by Crippen LogP contribution is 2.20. The van der Waals surface area contributed by atoms with E-state index >= 15 is 0 Å². The van der Waals surface area contributed by atoms with E-state index in [0.29, 0.717) is 11.3 Å². The third-order valence-electron chi connectivity index (χ3n) is 3.52. The molecule has 0 N–H and O–H groups in total. The molecule has 0 saturated heterocycles. The minimum absolute atomic E-state index is 0.0134. The van der Waals surface area contributed by atoms with Crippen LogP contribution in [0.2, 0.25) is 0 Å². The van der Waals surface area contributed by atoms with Crippen molar-refractivity contribution >= 4 is 11.5 Å². The van der Waals surface area contributed by atoms with E-state index in [0.717, 1.165) is 11.1 Å². The Morgan fingerprint density at radius 3 is 2.27 bits per heavy atom. The van der Waals surface area contributed by atoms with E-state index in [1.165, 1.54) is 24.3 Å². The Kier molecular flexibility index (Phi) is 4.56. The van der Waals surface area contributed by atoms with Crippen LogP contribution in [0.3, 0.4) is 0 Å². The zero-order chi connectivity index (χ0) is 16.3. The van der Waals surface area contributed by atoms with Gasteiger partial charge in [-0.05, 0) is 50.1 Å². The van der Waals surface area contributed by atoms with Gasteiger partial charge in [0.05, 0.1) is 4.92 Å². The highest BCUT2D eigenvalue weighted by atomic mass is 16.6. The summed E-state index contributed by atoms with van der Waals surface area (Å²) in [5, 5.41) is 10.6. The molecule has 5 nitrogen and oxygen atoms in total. The van der Waals surface area contributed by atoms with Crippen molar-refractivity contribution in [3.63, 3.8) is 0 Å². The van der Waals surface area contributed by atoms with E-state index in [1.807, 2.05) is 26.0 Å². The van der Waals surface area contributed by atoms with Gasteiger partial charge in [-0.2, -0.15) is 0 Å². The SMILES string of the molecule is Cc1ccc(C(=O)[C@H](C)Oc2ccc([N+](=O)[O-])cc2)cc1C. The second-order valence-electron chi connectivity index (χ2n) is 5.17. The van der Waals surface area contributed by atoms with E-state index in [-0.39, 0.29) is 11.5 Å². The lowest BCUT2D eigenvalue weighted by atomic mass is 10.0. The minimum Gasteiger partial charge on any atom is -0.483 e. The van der Waals surface area contributed by atoms with Crippen molar-refractivity contribution in [2.24, 2.45) is 0 Å². The maximum atomic E-state index is 12.4. The van der Waals surface area contributed by atoms with Gasteiger partial charge >= 0.3 is 0 Å². The van der Waals surface area contributed by atoms with Gasteiger partial charge in [0, 0.05) is 17.7 Å². The maximum Gasteiger partial charge on any atom is 0.269 e. The first-order valence-corrected chi connectivity index (χ1v) is 6.91. The number of carbonyl (C=O) groups is 1. The number of hydrogen-bond acceptors (Lipinski definition) is 4. The third kappa shape index (κ3) is 3.49. The number of carbonyl (C=O) groups excluding carboxylic acids is 1. The van der Waals surface area contributed by atoms with Crippen molar-refractivity contribution in [3.05, 3.63) is 69.3 Å². The molecule has 2 aromatic carbocycles. The summed E-state index contributed by atoms with van der Waals surface area (Å²) in [6.45, 7) is 5.60. The molecule has 1 atom stereocenters. The van der Waals surface area contributed by atoms with Gasteiger partial charge < -0.3 is 4.74 Å². The second-order valence-corrected chi connectivity index (χ2v) is 5.17. The molecule has 0 heterocycles. The molecule has 114 valence electrons. The predicted molar refractivity (Wildman–Crippen MR) is 83.4 cm³/mol. The van der Waals surface area contributed by atoms with Crippen LogP contribution < -0.4 is 4.74 Å². The predicted octanol–water partition coefficient (Wildman–Crippen LogP) is 3.86. The molecule has 0 fully saturated rings. The summed E-state index contributed by atoms with van der Waals surface area (Å²) < 4.78 is 5.56. The zero-order valence-corrected chi connectivity index (χ0v) is 12.7. The highest BCUT2D eigenvalue weighted by Gasteiger charge is 2.17. The first kappa shape index (κ1) is 15.7. The molecule has 2 rings (SSSR count).